The Morgan fingerprint density at radius 1 is 0.891 bits per heavy atom. The van der Waals surface area contributed by atoms with E-state index in [1.807, 2.05) is 26.1 Å². The van der Waals surface area contributed by atoms with Gasteiger partial charge in [0.05, 0.1) is 29.0 Å². The van der Waals surface area contributed by atoms with Crippen molar-refractivity contribution in [3.05, 3.63) is 48.7 Å². The van der Waals surface area contributed by atoms with Gasteiger partial charge in [0.2, 0.25) is 5.91 Å². The Kier molecular flexibility index (Phi) is 11.3. The van der Waals surface area contributed by atoms with Crippen LogP contribution in [0.3, 0.4) is 0 Å². The van der Waals surface area contributed by atoms with E-state index in [4.69, 9.17) is 9.72 Å². The van der Waals surface area contributed by atoms with Gasteiger partial charge in [-0.3, -0.25) is 19.4 Å². The molecule has 7 aliphatic rings. The second kappa shape index (κ2) is 15.8. The molecule has 1 N–H and O–H groups in total. The Balaban J connectivity index is 0.983. The third-order valence-corrected chi connectivity index (χ3v) is 20.9. The van der Waals surface area contributed by atoms with Crippen LogP contribution in [0, 0.1) is 73.9 Å². The van der Waals surface area contributed by atoms with Gasteiger partial charge in [-0.2, -0.15) is 0 Å². The lowest BCUT2D eigenvalue weighted by molar-refractivity contribution is -0.251. The van der Waals surface area contributed by atoms with Crippen molar-refractivity contribution in [1.29, 1.82) is 0 Å². The summed E-state index contributed by atoms with van der Waals surface area (Å²) in [4.78, 5) is 55.8. The molecule has 10 heteroatoms. The number of carbonyl (C=O) groups is 3. The number of esters is 1. The number of ether oxygens (including phenoxy) is 1. The molecule has 13 atom stereocenters. The predicted molar refractivity (Wildman–Crippen MR) is 250 cm³/mol. The van der Waals surface area contributed by atoms with Crippen molar-refractivity contribution in [3.8, 4) is 11.3 Å². The third kappa shape index (κ3) is 6.65. The Morgan fingerprint density at radius 2 is 1.66 bits per heavy atom. The second-order valence-electron chi connectivity index (χ2n) is 24.5. The fourth-order valence-electron chi connectivity index (χ4n) is 17.1. The zero-order chi connectivity index (χ0) is 45.9. The number of fused-ring (bicyclic) bond motifs is 7. The SMILES string of the molecule is C=C(C)[C@@H]1CC[C@]2(C(=O)N3CCC[C@H]3c3nc(-c4cccnc4)cn3CCN(C)C)CC[C@]3(C)C(CC[C@@H]4[C@@]5(C)CC[C@H](OC(=O)[C@H]6C[C@@H](C(=O)O)C6(C)C)C(C)(C)[C@@H]5CC[C@]43C)[C@@H]12. The van der Waals surface area contributed by atoms with Crippen LogP contribution in [0.4, 0.5) is 0 Å². The van der Waals surface area contributed by atoms with Crippen LogP contribution in [0.15, 0.2) is 42.9 Å². The van der Waals surface area contributed by atoms with Gasteiger partial charge in [-0.15, -0.1) is 0 Å². The first kappa shape index (κ1) is 45.6. The van der Waals surface area contributed by atoms with E-state index in [2.05, 4.69) is 93.8 Å². The summed E-state index contributed by atoms with van der Waals surface area (Å²) in [6.45, 7) is 25.8. The standard InChI is InChI=1S/C54H79N5O5/c1-33(2)35-18-23-54(48(63)59-27-13-15-40(59)45-56-39(34-14-12-26-55-31-34)32-58(45)29-28-57(10)11)25-24-52(8)36(44(35)54)16-17-42-51(7)21-20-43(50(5,6)41(51)19-22-53(42,52)9)64-47(62)38-30-37(46(60)61)49(38,3)4/h12,14,26,31-32,35-38,40-44H,1,13,15-25,27-30H2,2-11H3,(H,60,61)/t35-,36?,37-,38+,40-,41-,42+,43-,44+,51-,52+,53+,54-/m0/s1. The molecular formula is C54H79N5O5. The molecule has 9 rings (SSSR count). The molecule has 0 spiro atoms. The minimum Gasteiger partial charge on any atom is -0.481 e. The molecule has 2 aromatic rings. The van der Waals surface area contributed by atoms with Gasteiger partial charge < -0.3 is 24.2 Å². The topological polar surface area (TPSA) is 118 Å². The number of carboxylic acids is 1. The van der Waals surface area contributed by atoms with Gasteiger partial charge in [0, 0.05) is 49.2 Å². The normalized spacial score (nSPS) is 40.7. The molecule has 3 heterocycles. The molecule has 10 nitrogen and oxygen atoms in total. The number of amides is 1. The van der Waals surface area contributed by atoms with Gasteiger partial charge in [0.1, 0.15) is 11.9 Å². The monoisotopic (exact) mass is 878 g/mol. The quantitative estimate of drug-likeness (QED) is 0.185. The highest BCUT2D eigenvalue weighted by Crippen LogP contribution is 2.78. The number of likely N-dealkylation sites (tertiary alicyclic amines) is 1. The van der Waals surface area contributed by atoms with E-state index in [1.165, 1.54) is 12.0 Å². The summed E-state index contributed by atoms with van der Waals surface area (Å²) in [6, 6.07) is 4.00. The van der Waals surface area contributed by atoms with Gasteiger partial charge in [-0.25, -0.2) is 4.98 Å². The smallest absolute Gasteiger partial charge is 0.309 e. The second-order valence-corrected chi connectivity index (χ2v) is 24.5. The molecule has 1 saturated heterocycles. The van der Waals surface area contributed by atoms with Crippen LogP contribution in [0.25, 0.3) is 11.3 Å². The van der Waals surface area contributed by atoms with Gasteiger partial charge in [-0.1, -0.05) is 60.6 Å². The van der Waals surface area contributed by atoms with E-state index in [9.17, 15) is 14.7 Å². The van der Waals surface area contributed by atoms with Crippen LogP contribution in [-0.2, 0) is 25.7 Å². The van der Waals surface area contributed by atoms with Crippen molar-refractivity contribution in [2.45, 2.75) is 158 Å². The largest absolute Gasteiger partial charge is 0.481 e. The minimum absolute atomic E-state index is 0.0459. The first-order valence-corrected chi connectivity index (χ1v) is 25.1. The Morgan fingerprint density at radius 3 is 2.33 bits per heavy atom. The third-order valence-electron chi connectivity index (χ3n) is 20.9. The number of carbonyl (C=O) groups excluding carboxylic acids is 2. The molecule has 6 saturated carbocycles. The summed E-state index contributed by atoms with van der Waals surface area (Å²) in [5.74, 6) is 1.54. The number of aliphatic carboxylic acids is 1. The summed E-state index contributed by atoms with van der Waals surface area (Å²) in [7, 11) is 4.22. The molecule has 1 unspecified atom stereocenters. The number of rotatable bonds is 10. The summed E-state index contributed by atoms with van der Waals surface area (Å²) >= 11 is 0. The number of nitrogens with zero attached hydrogens (tertiary/aromatic N) is 5. The number of likely N-dealkylation sites (N-methyl/N-ethyl adjacent to an activating group) is 1. The number of hydrogen-bond acceptors (Lipinski definition) is 7. The van der Waals surface area contributed by atoms with Crippen molar-refractivity contribution < 1.29 is 24.2 Å². The average molecular weight is 878 g/mol. The summed E-state index contributed by atoms with van der Waals surface area (Å²) in [5, 5.41) is 9.74. The number of pyridine rings is 1. The van der Waals surface area contributed by atoms with Crippen LogP contribution < -0.4 is 0 Å². The molecule has 0 bridgehead atoms. The molecule has 1 amide bonds. The molecule has 1 aliphatic heterocycles. The lowest BCUT2D eigenvalue weighted by Crippen LogP contribution is -2.67. The van der Waals surface area contributed by atoms with E-state index < -0.39 is 22.7 Å². The zero-order valence-electron chi connectivity index (χ0n) is 40.9. The summed E-state index contributed by atoms with van der Waals surface area (Å²) in [6.07, 6.45) is 18.5. The van der Waals surface area contributed by atoms with Crippen molar-refractivity contribution in [1.82, 2.24) is 24.3 Å². The molecule has 7 fully saturated rings. The van der Waals surface area contributed by atoms with E-state index in [-0.39, 0.29) is 51.6 Å². The fraction of sp³-hybridized carbons (Fsp3) is 0.759. The Bertz CT molecular complexity index is 2160. The Labute approximate surface area is 383 Å². The maximum absolute atomic E-state index is 15.9. The maximum atomic E-state index is 15.9. The molecule has 64 heavy (non-hydrogen) atoms. The van der Waals surface area contributed by atoms with Crippen LogP contribution in [-0.4, -0.2) is 80.6 Å². The molecular weight excluding hydrogens is 799 g/mol. The average Bonchev–Trinajstić information content (AvgIpc) is 3.99. The van der Waals surface area contributed by atoms with Crippen LogP contribution in [0.2, 0.25) is 0 Å². The molecule has 350 valence electrons. The van der Waals surface area contributed by atoms with Crippen LogP contribution in [0.5, 0.6) is 0 Å². The summed E-state index contributed by atoms with van der Waals surface area (Å²) in [5.41, 5.74) is 2.32. The first-order valence-electron chi connectivity index (χ1n) is 25.1. The van der Waals surface area contributed by atoms with E-state index in [0.717, 1.165) is 107 Å². The van der Waals surface area contributed by atoms with Gasteiger partial charge >= 0.3 is 11.9 Å². The predicted octanol–water partition coefficient (Wildman–Crippen LogP) is 10.5. The van der Waals surface area contributed by atoms with Gasteiger partial charge in [0.15, 0.2) is 0 Å². The highest BCUT2D eigenvalue weighted by molar-refractivity contribution is 5.85. The maximum Gasteiger partial charge on any atom is 0.309 e. The highest BCUT2D eigenvalue weighted by Gasteiger charge is 2.72. The molecule has 6 aliphatic carbocycles. The fourth-order valence-corrected chi connectivity index (χ4v) is 17.1. The minimum atomic E-state index is -0.818. The molecule has 0 radical (unpaired) electrons. The zero-order valence-corrected chi connectivity index (χ0v) is 40.9. The first-order chi connectivity index (χ1) is 30.1. The Hall–Kier alpha value is -3.53. The number of hydrogen-bond donors (Lipinski definition) is 1. The van der Waals surface area contributed by atoms with Crippen LogP contribution in [0.1, 0.15) is 151 Å². The van der Waals surface area contributed by atoms with E-state index in [0.29, 0.717) is 36.0 Å². The van der Waals surface area contributed by atoms with Crippen molar-refractivity contribution in [3.63, 3.8) is 0 Å². The molecule has 0 aromatic carbocycles. The van der Waals surface area contributed by atoms with E-state index in [1.54, 1.807) is 6.20 Å². The number of aromatic nitrogens is 3. The van der Waals surface area contributed by atoms with Crippen molar-refractivity contribution >= 4 is 17.8 Å². The van der Waals surface area contributed by atoms with Gasteiger partial charge in [0.25, 0.3) is 0 Å². The lowest BCUT2D eigenvalue weighted by atomic mass is 9.32. The number of carboxylic acid groups (broad SMARTS) is 1. The summed E-state index contributed by atoms with van der Waals surface area (Å²) < 4.78 is 8.81. The van der Waals surface area contributed by atoms with E-state index >= 15 is 4.79 Å². The number of allylic oxidation sites excluding steroid dienone is 1. The lowest BCUT2D eigenvalue weighted by Gasteiger charge is -2.73. The number of imidazole rings is 1. The van der Waals surface area contributed by atoms with Crippen LogP contribution >= 0.6 is 0 Å². The van der Waals surface area contributed by atoms with Crippen molar-refractivity contribution in [2.75, 3.05) is 27.2 Å². The highest BCUT2D eigenvalue weighted by atomic mass is 16.5. The van der Waals surface area contributed by atoms with Gasteiger partial charge in [-0.05, 0) is 168 Å². The molecule has 2 aromatic heterocycles. The van der Waals surface area contributed by atoms with Crippen molar-refractivity contribution in [2.24, 2.45) is 73.9 Å².